The van der Waals surface area contributed by atoms with Crippen LogP contribution in [0.1, 0.15) is 0 Å². The lowest BCUT2D eigenvalue weighted by Crippen LogP contribution is -2.31. The zero-order valence-corrected chi connectivity index (χ0v) is 18.0. The molecule has 0 aliphatic rings. The molecule has 0 aliphatic carbocycles. The number of pyridine rings is 2. The molecule has 4 aromatic carbocycles. The van der Waals surface area contributed by atoms with Crippen LogP contribution in [-0.2, 0) is 14.1 Å². The molecule has 2 N–H and O–H groups in total. The van der Waals surface area contributed by atoms with Gasteiger partial charge in [0.25, 0.3) is 0 Å². The average molecular weight is 421 g/mol. The molecule has 158 valence electrons. The van der Waals surface area contributed by atoms with Gasteiger partial charge in [-0.15, -0.1) is 0 Å². The predicted octanol–water partition coefficient (Wildman–Crippen LogP) is 5.26. The number of fused-ring (bicyclic) bond motifs is 4. The third-order valence-electron chi connectivity index (χ3n) is 6.39. The second-order valence-electron chi connectivity index (χ2n) is 7.94. The van der Waals surface area contributed by atoms with E-state index in [1.54, 1.807) is 0 Å². The van der Waals surface area contributed by atoms with Crippen molar-refractivity contribution in [2.24, 2.45) is 14.1 Å². The molecular weight excluding hydrogens is 396 g/mol. The topological polar surface area (TPSA) is 67.8 Å². The lowest BCUT2D eigenvalue weighted by Gasteiger charge is -2.14. The quantitative estimate of drug-likeness (QED) is 0.269. The lowest BCUT2D eigenvalue weighted by atomic mass is 9.90. The first-order valence-electron chi connectivity index (χ1n) is 10.3. The first-order chi connectivity index (χ1) is 14.8. The minimum atomic E-state index is 0. The largest absolute Gasteiger partial charge is 0.870 e. The molecule has 32 heavy (non-hydrogen) atoms. The van der Waals surface area contributed by atoms with E-state index in [1.807, 2.05) is 0 Å². The van der Waals surface area contributed by atoms with Crippen molar-refractivity contribution in [2.45, 2.75) is 0 Å². The highest BCUT2D eigenvalue weighted by atomic mass is 16.0. The molecule has 0 atom stereocenters. The fourth-order valence-electron chi connectivity index (χ4n) is 5.00. The van der Waals surface area contributed by atoms with Gasteiger partial charge in [0.15, 0.2) is 0 Å². The molecule has 0 spiro atoms. The number of hydrogen-bond acceptors (Lipinski definition) is 2. The summed E-state index contributed by atoms with van der Waals surface area (Å²) < 4.78 is 4.61. The summed E-state index contributed by atoms with van der Waals surface area (Å²) in [5, 5.41) is 5.12. The summed E-state index contributed by atoms with van der Waals surface area (Å²) >= 11 is 0. The maximum Gasteiger partial charge on any atom is 0.213 e. The van der Waals surface area contributed by atoms with Gasteiger partial charge in [-0.1, -0.05) is 48.5 Å². The van der Waals surface area contributed by atoms with Crippen LogP contribution in [0.2, 0.25) is 0 Å². The summed E-state index contributed by atoms with van der Waals surface area (Å²) in [5.41, 5.74) is 7.60. The molecule has 4 nitrogen and oxygen atoms in total. The van der Waals surface area contributed by atoms with Gasteiger partial charge in [-0.2, -0.15) is 9.13 Å². The van der Waals surface area contributed by atoms with Crippen LogP contribution < -0.4 is 9.13 Å². The highest BCUT2D eigenvalue weighted by Crippen LogP contribution is 2.40. The minimum Gasteiger partial charge on any atom is -0.870 e. The fraction of sp³-hybridized carbons (Fsp3) is 0.0714. The number of benzene rings is 4. The van der Waals surface area contributed by atoms with Crippen LogP contribution in [-0.4, -0.2) is 11.0 Å². The van der Waals surface area contributed by atoms with E-state index in [0.29, 0.717) is 0 Å². The monoisotopic (exact) mass is 420 g/mol. The van der Waals surface area contributed by atoms with Gasteiger partial charge in [-0.3, -0.25) is 0 Å². The molecule has 0 saturated carbocycles. The van der Waals surface area contributed by atoms with E-state index in [4.69, 9.17) is 0 Å². The minimum absolute atomic E-state index is 0. The first kappa shape index (κ1) is 21.4. The summed E-state index contributed by atoms with van der Waals surface area (Å²) in [5.74, 6) is 0. The Kier molecular flexibility index (Phi) is 5.35. The first-order valence-corrected chi connectivity index (χ1v) is 10.3. The standard InChI is InChI=1S/C28H22N2.2H2O/c1-29-23-15-7-3-11-19(23)27(20-12-4-8-16-24(20)29)28-21-13-5-9-17-25(21)30(2)26-18-10-6-14-22(26)28;;/h3-18H,1-2H3;2*1H2/q+2;;/p-2. The third kappa shape index (κ3) is 2.85. The van der Waals surface area contributed by atoms with Crippen molar-refractivity contribution in [1.82, 2.24) is 0 Å². The van der Waals surface area contributed by atoms with Gasteiger partial charge in [0, 0.05) is 35.4 Å². The molecule has 2 aromatic heterocycles. The SMILES string of the molecule is C[n+]1c2ccccc2c(-c2c3ccccc3[n+](C)c3ccccc23)c2ccccc21.[OH-].[OH-]. The van der Waals surface area contributed by atoms with Gasteiger partial charge < -0.3 is 11.0 Å². The maximum absolute atomic E-state index is 2.31. The van der Waals surface area contributed by atoms with Crippen molar-refractivity contribution in [3.05, 3.63) is 97.1 Å². The highest BCUT2D eigenvalue weighted by Gasteiger charge is 2.24. The molecule has 2 heterocycles. The Bertz CT molecular complexity index is 1390. The van der Waals surface area contributed by atoms with Crippen LogP contribution in [0.3, 0.4) is 0 Å². The van der Waals surface area contributed by atoms with Crippen molar-refractivity contribution in [3.63, 3.8) is 0 Å². The van der Waals surface area contributed by atoms with E-state index in [9.17, 15) is 0 Å². The number of aromatic nitrogens is 2. The normalized spacial score (nSPS) is 10.9. The summed E-state index contributed by atoms with van der Waals surface area (Å²) in [6.07, 6.45) is 0. The molecule has 0 radical (unpaired) electrons. The van der Waals surface area contributed by atoms with Crippen molar-refractivity contribution in [3.8, 4) is 11.1 Å². The van der Waals surface area contributed by atoms with Crippen LogP contribution in [0.15, 0.2) is 97.1 Å². The summed E-state index contributed by atoms with van der Waals surface area (Å²) in [4.78, 5) is 0. The number of para-hydroxylation sites is 4. The number of aryl methyl sites for hydroxylation is 2. The van der Waals surface area contributed by atoms with Gasteiger partial charge in [0.05, 0.1) is 21.5 Å². The molecule has 0 fully saturated rings. The Labute approximate surface area is 186 Å². The average Bonchev–Trinajstić information content (AvgIpc) is 2.81. The van der Waals surface area contributed by atoms with Crippen molar-refractivity contribution in [2.75, 3.05) is 0 Å². The lowest BCUT2D eigenvalue weighted by molar-refractivity contribution is -0.617. The van der Waals surface area contributed by atoms with Crippen molar-refractivity contribution >= 4 is 43.6 Å². The molecule has 0 unspecified atom stereocenters. The Morgan fingerprint density at radius 3 is 0.844 bits per heavy atom. The molecule has 6 aromatic rings. The van der Waals surface area contributed by atoms with E-state index in [1.165, 1.54) is 54.7 Å². The van der Waals surface area contributed by atoms with Crippen molar-refractivity contribution < 1.29 is 20.1 Å². The van der Waals surface area contributed by atoms with E-state index >= 15 is 0 Å². The predicted molar refractivity (Wildman–Crippen MR) is 128 cm³/mol. The molecule has 0 amide bonds. The maximum atomic E-state index is 2.31. The molecule has 0 aliphatic heterocycles. The summed E-state index contributed by atoms with van der Waals surface area (Å²) in [7, 11) is 4.32. The van der Waals surface area contributed by atoms with Crippen LogP contribution in [0, 0.1) is 0 Å². The van der Waals surface area contributed by atoms with Crippen LogP contribution in [0.4, 0.5) is 0 Å². The number of rotatable bonds is 1. The van der Waals surface area contributed by atoms with E-state index in [2.05, 4.69) is 120 Å². The van der Waals surface area contributed by atoms with Crippen LogP contribution >= 0.6 is 0 Å². The Hall–Kier alpha value is -3.86. The molecule has 4 heteroatoms. The fourth-order valence-corrected chi connectivity index (χ4v) is 5.00. The highest BCUT2D eigenvalue weighted by molar-refractivity contribution is 6.18. The van der Waals surface area contributed by atoms with Gasteiger partial charge >= 0.3 is 0 Å². The Balaban J connectivity index is 0.00000122. The van der Waals surface area contributed by atoms with Crippen molar-refractivity contribution in [1.29, 1.82) is 0 Å². The van der Waals surface area contributed by atoms with Crippen LogP contribution in [0.25, 0.3) is 54.7 Å². The van der Waals surface area contributed by atoms with E-state index in [-0.39, 0.29) is 11.0 Å². The van der Waals surface area contributed by atoms with Crippen LogP contribution in [0.5, 0.6) is 0 Å². The molecular formula is C28H24N2O2. The number of nitrogens with zero attached hydrogens (tertiary/aromatic N) is 2. The second kappa shape index (κ2) is 8.00. The van der Waals surface area contributed by atoms with Gasteiger partial charge in [-0.25, -0.2) is 0 Å². The smallest absolute Gasteiger partial charge is 0.213 e. The molecule has 0 saturated heterocycles. The van der Waals surface area contributed by atoms with Gasteiger partial charge in [0.1, 0.15) is 14.1 Å². The third-order valence-corrected chi connectivity index (χ3v) is 6.39. The summed E-state index contributed by atoms with van der Waals surface area (Å²) in [6, 6.07) is 35.0. The molecule has 0 bridgehead atoms. The summed E-state index contributed by atoms with van der Waals surface area (Å²) in [6.45, 7) is 0. The molecule has 6 rings (SSSR count). The van der Waals surface area contributed by atoms with E-state index < -0.39 is 0 Å². The Morgan fingerprint density at radius 1 is 0.375 bits per heavy atom. The zero-order valence-electron chi connectivity index (χ0n) is 18.0. The second-order valence-corrected chi connectivity index (χ2v) is 7.94. The Morgan fingerprint density at radius 2 is 0.594 bits per heavy atom. The van der Waals surface area contributed by atoms with Gasteiger partial charge in [0.2, 0.25) is 22.1 Å². The van der Waals surface area contributed by atoms with E-state index in [0.717, 1.165) is 0 Å². The number of hydrogen-bond donors (Lipinski definition) is 0. The van der Waals surface area contributed by atoms with Gasteiger partial charge in [-0.05, 0) is 24.3 Å². The zero-order chi connectivity index (χ0) is 20.2.